The molecule has 6 nitrogen and oxygen atoms in total. The molecular weight excluding hydrogens is 448 g/mol. The highest BCUT2D eigenvalue weighted by molar-refractivity contribution is 7.21. The van der Waals surface area contributed by atoms with Crippen LogP contribution < -0.4 is 9.47 Å². The summed E-state index contributed by atoms with van der Waals surface area (Å²) in [6.45, 7) is 2.92. The largest absolute Gasteiger partial charge is 0.487 e. The van der Waals surface area contributed by atoms with Crippen molar-refractivity contribution in [3.05, 3.63) is 42.0 Å². The zero-order valence-electron chi connectivity index (χ0n) is 19.3. The first-order chi connectivity index (χ1) is 16.7. The maximum absolute atomic E-state index is 13.2. The number of nitrogens with zero attached hydrogens (tertiary/aromatic N) is 2. The number of para-hydroxylation sites is 1. The van der Waals surface area contributed by atoms with E-state index >= 15 is 0 Å². The number of rotatable bonds is 5. The number of carbonyl (C=O) groups excluding carboxylic acids is 1. The van der Waals surface area contributed by atoms with Crippen LogP contribution in [0, 0.1) is 5.92 Å². The lowest BCUT2D eigenvalue weighted by Crippen LogP contribution is -2.33. The molecule has 1 saturated carbocycles. The Labute approximate surface area is 203 Å². The molecular formula is C27H30N2O4S. The van der Waals surface area contributed by atoms with Gasteiger partial charge >= 0.3 is 0 Å². The number of amides is 1. The molecule has 0 N–H and O–H groups in total. The average molecular weight is 479 g/mol. The summed E-state index contributed by atoms with van der Waals surface area (Å²) in [6, 6.07) is 12.4. The highest BCUT2D eigenvalue weighted by Gasteiger charge is 2.28. The van der Waals surface area contributed by atoms with Gasteiger partial charge in [-0.2, -0.15) is 0 Å². The normalized spacial score (nSPS) is 20.8. The minimum atomic E-state index is 0.0154. The number of fused-ring (bicyclic) bond motifs is 2. The van der Waals surface area contributed by atoms with Gasteiger partial charge in [0.25, 0.3) is 0 Å². The number of ether oxygens (including phenoxy) is 3. The van der Waals surface area contributed by atoms with Crippen LogP contribution in [-0.4, -0.2) is 48.3 Å². The third-order valence-corrected chi connectivity index (χ3v) is 8.20. The monoisotopic (exact) mass is 478 g/mol. The molecule has 1 aromatic heterocycles. The molecule has 3 aromatic rings. The maximum Gasteiger partial charge on any atom is 0.223 e. The molecule has 0 radical (unpaired) electrons. The number of aromatic nitrogens is 1. The first kappa shape index (κ1) is 21.9. The summed E-state index contributed by atoms with van der Waals surface area (Å²) in [6.07, 6.45) is 6.39. The summed E-state index contributed by atoms with van der Waals surface area (Å²) in [5.41, 5.74) is 2.99. The minimum Gasteiger partial charge on any atom is -0.487 e. The van der Waals surface area contributed by atoms with Crippen molar-refractivity contribution in [3.8, 4) is 22.1 Å². The van der Waals surface area contributed by atoms with Crippen LogP contribution in [0.3, 0.4) is 0 Å². The highest BCUT2D eigenvalue weighted by atomic mass is 32.1. The Morgan fingerprint density at radius 1 is 1.15 bits per heavy atom. The Hall–Kier alpha value is -2.64. The van der Waals surface area contributed by atoms with Crippen LogP contribution in [0.5, 0.6) is 11.5 Å². The van der Waals surface area contributed by atoms with Gasteiger partial charge in [0.05, 0.1) is 30.0 Å². The summed E-state index contributed by atoms with van der Waals surface area (Å²) < 4.78 is 19.3. The van der Waals surface area contributed by atoms with Gasteiger partial charge in [-0.15, -0.1) is 11.3 Å². The zero-order chi connectivity index (χ0) is 22.9. The van der Waals surface area contributed by atoms with Gasteiger partial charge in [-0.05, 0) is 43.0 Å². The molecule has 178 valence electrons. The van der Waals surface area contributed by atoms with Crippen LogP contribution in [0.1, 0.15) is 44.1 Å². The Morgan fingerprint density at radius 3 is 2.85 bits per heavy atom. The Bertz CT molecular complexity index is 1150. The van der Waals surface area contributed by atoms with Crippen molar-refractivity contribution in [2.45, 2.75) is 51.2 Å². The first-order valence-corrected chi connectivity index (χ1v) is 13.2. The molecule has 0 unspecified atom stereocenters. The van der Waals surface area contributed by atoms with Gasteiger partial charge in [0.15, 0.2) is 11.5 Å². The van der Waals surface area contributed by atoms with Crippen molar-refractivity contribution >= 4 is 27.5 Å². The predicted molar refractivity (Wildman–Crippen MR) is 132 cm³/mol. The summed E-state index contributed by atoms with van der Waals surface area (Å²) in [4.78, 5) is 20.0. The number of thiazole rings is 1. The Kier molecular flexibility index (Phi) is 6.14. The molecule has 3 aliphatic rings. The average Bonchev–Trinajstić information content (AvgIpc) is 3.59. The Balaban J connectivity index is 1.34. The van der Waals surface area contributed by atoms with Crippen molar-refractivity contribution in [1.29, 1.82) is 0 Å². The molecule has 2 aliphatic heterocycles. The molecule has 34 heavy (non-hydrogen) atoms. The molecule has 1 aliphatic carbocycles. The predicted octanol–water partition coefficient (Wildman–Crippen LogP) is 5.43. The molecule has 2 aromatic carbocycles. The summed E-state index contributed by atoms with van der Waals surface area (Å²) in [5, 5.41) is 0.949. The number of carbonyl (C=O) groups is 1. The van der Waals surface area contributed by atoms with Crippen LogP contribution in [-0.2, 0) is 16.1 Å². The maximum atomic E-state index is 13.2. The minimum absolute atomic E-state index is 0.0154. The van der Waals surface area contributed by atoms with Gasteiger partial charge in [-0.25, -0.2) is 4.98 Å². The molecule has 6 rings (SSSR count). The summed E-state index contributed by atoms with van der Waals surface area (Å²) in [7, 11) is 0. The van der Waals surface area contributed by atoms with Crippen LogP contribution in [0.4, 0.5) is 0 Å². The van der Waals surface area contributed by atoms with E-state index in [1.807, 2.05) is 29.2 Å². The van der Waals surface area contributed by atoms with E-state index in [0.717, 1.165) is 44.3 Å². The van der Waals surface area contributed by atoms with E-state index in [0.29, 0.717) is 45.2 Å². The molecule has 1 amide bonds. The van der Waals surface area contributed by atoms with E-state index in [1.165, 1.54) is 25.7 Å². The number of benzene rings is 2. The molecule has 7 heteroatoms. The lowest BCUT2D eigenvalue weighted by atomic mass is 10.0. The zero-order valence-corrected chi connectivity index (χ0v) is 20.1. The van der Waals surface area contributed by atoms with Crippen LogP contribution >= 0.6 is 11.3 Å². The molecule has 3 heterocycles. The number of hydrogen-bond acceptors (Lipinski definition) is 6. The molecule has 2 fully saturated rings. The van der Waals surface area contributed by atoms with Gasteiger partial charge in [-0.1, -0.05) is 25.0 Å². The fourth-order valence-corrected chi connectivity index (χ4v) is 6.23. The van der Waals surface area contributed by atoms with Crippen LogP contribution in [0.2, 0.25) is 0 Å². The topological polar surface area (TPSA) is 60.9 Å². The molecule has 0 spiro atoms. The van der Waals surface area contributed by atoms with E-state index in [9.17, 15) is 4.79 Å². The summed E-state index contributed by atoms with van der Waals surface area (Å²) >= 11 is 1.67. The van der Waals surface area contributed by atoms with E-state index in [1.54, 1.807) is 11.3 Å². The van der Waals surface area contributed by atoms with E-state index in [4.69, 9.17) is 19.2 Å². The van der Waals surface area contributed by atoms with E-state index in [-0.39, 0.29) is 12.0 Å². The van der Waals surface area contributed by atoms with Gasteiger partial charge < -0.3 is 19.1 Å². The standard InChI is InChI=1S/C27H30N2O4S/c30-25(13-18-5-1-2-6-18)29-10-12-32-26-20(16-29)14-19(15-23(26)33-21-9-11-31-17-21)27-28-22-7-3-4-8-24(22)34-27/h3-4,7-8,14-15,18,21H,1-2,5-6,9-13,16-17H2/t21-/m0/s1. The van der Waals surface area contributed by atoms with Crippen LogP contribution in [0.15, 0.2) is 36.4 Å². The van der Waals surface area contributed by atoms with E-state index < -0.39 is 0 Å². The van der Waals surface area contributed by atoms with Gasteiger partial charge in [0.2, 0.25) is 5.91 Å². The van der Waals surface area contributed by atoms with Crippen LogP contribution in [0.25, 0.3) is 20.8 Å². The second-order valence-corrected chi connectivity index (χ2v) is 10.6. The fourth-order valence-electron chi connectivity index (χ4n) is 5.28. The van der Waals surface area contributed by atoms with Crippen molar-refractivity contribution in [1.82, 2.24) is 9.88 Å². The lowest BCUT2D eigenvalue weighted by Gasteiger charge is -2.22. The van der Waals surface area contributed by atoms with Gasteiger partial charge in [0, 0.05) is 30.5 Å². The SMILES string of the molecule is O=C(CC1CCCC1)N1CCOc2c(cc(-c3nc4ccccc4s3)cc2O[C@H]2CCOC2)C1. The lowest BCUT2D eigenvalue weighted by molar-refractivity contribution is -0.132. The van der Waals surface area contributed by atoms with Gasteiger partial charge in [0.1, 0.15) is 17.7 Å². The quantitative estimate of drug-likeness (QED) is 0.489. The van der Waals surface area contributed by atoms with Crippen molar-refractivity contribution in [3.63, 3.8) is 0 Å². The third-order valence-electron chi connectivity index (χ3n) is 7.11. The van der Waals surface area contributed by atoms with Crippen molar-refractivity contribution in [2.24, 2.45) is 5.92 Å². The molecule has 1 atom stereocenters. The third kappa shape index (κ3) is 4.51. The van der Waals surface area contributed by atoms with Crippen molar-refractivity contribution < 1.29 is 19.0 Å². The van der Waals surface area contributed by atoms with Crippen molar-refractivity contribution in [2.75, 3.05) is 26.4 Å². The second-order valence-electron chi connectivity index (χ2n) is 9.57. The van der Waals surface area contributed by atoms with E-state index in [2.05, 4.69) is 12.1 Å². The first-order valence-electron chi connectivity index (χ1n) is 12.4. The fraction of sp³-hybridized carbons (Fsp3) is 0.481. The molecule has 0 bridgehead atoms. The second kappa shape index (κ2) is 9.55. The number of hydrogen-bond donors (Lipinski definition) is 0. The molecule has 1 saturated heterocycles. The van der Waals surface area contributed by atoms with Gasteiger partial charge in [-0.3, -0.25) is 4.79 Å². The summed E-state index contributed by atoms with van der Waals surface area (Å²) in [5.74, 6) is 2.26. The smallest absolute Gasteiger partial charge is 0.223 e. The highest BCUT2D eigenvalue weighted by Crippen LogP contribution is 2.41. The Morgan fingerprint density at radius 2 is 2.03 bits per heavy atom.